The molecule has 0 fully saturated rings. The van der Waals surface area contributed by atoms with Crippen LogP contribution in [-0.2, 0) is 4.79 Å². The molecule has 1 aromatic rings. The molecule has 0 unspecified atom stereocenters. The molecule has 0 bridgehead atoms. The number of hydrogen-bond donors (Lipinski definition) is 1. The van der Waals surface area contributed by atoms with Gasteiger partial charge in [0.05, 0.1) is 29.8 Å². The Kier molecular flexibility index (Phi) is 6.31. The number of nitrogens with one attached hydrogen (secondary N) is 1. The van der Waals surface area contributed by atoms with E-state index in [1.807, 2.05) is 0 Å². The average molecular weight is 427 g/mol. The minimum absolute atomic E-state index is 0.00916. The highest BCUT2D eigenvalue weighted by Crippen LogP contribution is 2.28. The molecule has 1 N–H and O–H groups in total. The molecule has 2 atom stereocenters. The van der Waals surface area contributed by atoms with Crippen molar-refractivity contribution in [1.29, 1.82) is 0 Å². The number of hydrogen-bond acceptors (Lipinski definition) is 4. The number of nitrogens with zero attached hydrogens (tertiary/aromatic N) is 3. The highest BCUT2D eigenvalue weighted by atomic mass is 35.5. The van der Waals surface area contributed by atoms with Crippen LogP contribution in [0.5, 0.6) is 0 Å². The highest BCUT2D eigenvalue weighted by molar-refractivity contribution is 6.69. The molecular formula is C20H22ClF3N4O. The predicted molar refractivity (Wildman–Crippen MR) is 107 cm³/mol. The van der Waals surface area contributed by atoms with E-state index in [4.69, 9.17) is 11.6 Å². The summed E-state index contributed by atoms with van der Waals surface area (Å²) in [6, 6.07) is 2.89. The number of carbonyl (C=O) groups excluding carboxylic acids is 1. The van der Waals surface area contributed by atoms with Crippen LogP contribution in [0, 0.1) is 11.7 Å². The quantitative estimate of drug-likeness (QED) is 0.724. The molecule has 0 radical (unpaired) electrons. The van der Waals surface area contributed by atoms with Crippen molar-refractivity contribution in [2.45, 2.75) is 45.7 Å². The number of hydrazone groups is 1. The fraction of sp³-hybridized carbons (Fsp3) is 0.450. The third-order valence-corrected chi connectivity index (χ3v) is 4.93. The van der Waals surface area contributed by atoms with E-state index >= 15 is 0 Å². The van der Waals surface area contributed by atoms with E-state index in [-0.39, 0.29) is 22.3 Å². The Balaban J connectivity index is 1.81. The van der Waals surface area contributed by atoms with Gasteiger partial charge in [-0.2, -0.15) is 5.10 Å². The van der Waals surface area contributed by atoms with Gasteiger partial charge in [-0.15, -0.1) is 0 Å². The Hall–Kier alpha value is -2.35. The second-order valence-electron chi connectivity index (χ2n) is 7.55. The molecule has 3 rings (SSSR count). The second-order valence-corrected chi connectivity index (χ2v) is 7.93. The first-order valence-electron chi connectivity index (χ1n) is 9.36. The summed E-state index contributed by atoms with van der Waals surface area (Å²) in [5, 5.41) is 8.58. The van der Waals surface area contributed by atoms with Crippen LogP contribution in [0.15, 0.2) is 39.9 Å². The lowest BCUT2D eigenvalue weighted by Gasteiger charge is -2.22. The van der Waals surface area contributed by atoms with Crippen molar-refractivity contribution in [3.8, 4) is 0 Å². The highest BCUT2D eigenvalue weighted by Gasteiger charge is 2.34. The number of benzene rings is 1. The van der Waals surface area contributed by atoms with Gasteiger partial charge in [0.15, 0.2) is 11.0 Å². The van der Waals surface area contributed by atoms with Crippen molar-refractivity contribution in [1.82, 2.24) is 10.3 Å². The van der Waals surface area contributed by atoms with E-state index in [9.17, 15) is 18.0 Å². The lowest BCUT2D eigenvalue weighted by Crippen LogP contribution is -2.37. The molecule has 2 heterocycles. The van der Waals surface area contributed by atoms with Gasteiger partial charge in [0.25, 0.3) is 12.3 Å². The molecule has 9 heteroatoms. The number of alkyl halides is 2. The van der Waals surface area contributed by atoms with Crippen LogP contribution >= 0.6 is 11.6 Å². The van der Waals surface area contributed by atoms with Gasteiger partial charge < -0.3 is 5.32 Å². The molecule has 29 heavy (non-hydrogen) atoms. The van der Waals surface area contributed by atoms with Gasteiger partial charge in [0.2, 0.25) is 0 Å². The number of amides is 1. The van der Waals surface area contributed by atoms with Crippen molar-refractivity contribution in [3.05, 3.63) is 46.8 Å². The smallest absolute Gasteiger partial charge is 0.266 e. The SMILES string of the molecule is CC(C)C[C@@H]1CN2N=C(Cl)C=C(C(=O)N[C@H](C)c3cccc(C(F)F)c3F)C2=N1. The maximum Gasteiger partial charge on any atom is 0.266 e. The first-order valence-corrected chi connectivity index (χ1v) is 9.74. The number of allylic oxidation sites excluding steroid dienone is 1. The van der Waals surface area contributed by atoms with E-state index in [0.29, 0.717) is 18.3 Å². The Morgan fingerprint density at radius 2 is 2.00 bits per heavy atom. The molecule has 0 saturated carbocycles. The van der Waals surface area contributed by atoms with Crippen LogP contribution in [0.4, 0.5) is 13.2 Å². The van der Waals surface area contributed by atoms with Crippen LogP contribution < -0.4 is 5.32 Å². The number of aliphatic imine (C=N–C) groups is 1. The summed E-state index contributed by atoms with van der Waals surface area (Å²) in [5.74, 6) is -0.714. The van der Waals surface area contributed by atoms with Crippen LogP contribution in [0.25, 0.3) is 0 Å². The zero-order valence-electron chi connectivity index (χ0n) is 16.3. The number of fused-ring (bicyclic) bond motifs is 1. The zero-order chi connectivity index (χ0) is 21.3. The number of amidine groups is 1. The van der Waals surface area contributed by atoms with E-state index in [1.54, 1.807) is 5.01 Å². The second kappa shape index (κ2) is 8.57. The summed E-state index contributed by atoms with van der Waals surface area (Å²) < 4.78 is 40.3. The number of rotatable bonds is 6. The fourth-order valence-corrected chi connectivity index (χ4v) is 3.65. The average Bonchev–Trinajstić information content (AvgIpc) is 3.01. The van der Waals surface area contributed by atoms with Crippen molar-refractivity contribution < 1.29 is 18.0 Å². The minimum atomic E-state index is -2.94. The van der Waals surface area contributed by atoms with Crippen molar-refractivity contribution >= 4 is 28.5 Å². The van der Waals surface area contributed by atoms with Gasteiger partial charge in [-0.25, -0.2) is 18.2 Å². The minimum Gasteiger partial charge on any atom is -0.345 e. The molecule has 1 amide bonds. The Bertz CT molecular complexity index is 898. The lowest BCUT2D eigenvalue weighted by atomic mass is 10.0. The maximum absolute atomic E-state index is 14.4. The fourth-order valence-electron chi connectivity index (χ4n) is 3.45. The molecule has 2 aliphatic rings. The monoisotopic (exact) mass is 426 g/mol. The summed E-state index contributed by atoms with van der Waals surface area (Å²) in [4.78, 5) is 17.5. The van der Waals surface area contributed by atoms with Crippen molar-refractivity contribution in [3.63, 3.8) is 0 Å². The Labute approximate surface area is 172 Å². The molecule has 0 aromatic heterocycles. The van der Waals surface area contributed by atoms with Gasteiger partial charge in [0.1, 0.15) is 5.82 Å². The summed E-state index contributed by atoms with van der Waals surface area (Å²) >= 11 is 6.06. The summed E-state index contributed by atoms with van der Waals surface area (Å²) in [6.45, 7) is 6.22. The zero-order valence-corrected chi connectivity index (χ0v) is 17.1. The van der Waals surface area contributed by atoms with Crippen LogP contribution in [0.1, 0.15) is 50.8 Å². The normalized spacial score (nSPS) is 19.7. The van der Waals surface area contributed by atoms with Gasteiger partial charge in [-0.3, -0.25) is 9.79 Å². The van der Waals surface area contributed by atoms with Gasteiger partial charge in [0, 0.05) is 5.56 Å². The largest absolute Gasteiger partial charge is 0.345 e. The molecule has 2 aliphatic heterocycles. The van der Waals surface area contributed by atoms with E-state index < -0.39 is 29.8 Å². The topological polar surface area (TPSA) is 57.1 Å². The van der Waals surface area contributed by atoms with E-state index in [2.05, 4.69) is 29.3 Å². The van der Waals surface area contributed by atoms with E-state index in [0.717, 1.165) is 12.5 Å². The number of carbonyl (C=O) groups is 1. The predicted octanol–water partition coefficient (Wildman–Crippen LogP) is 4.56. The molecule has 1 aromatic carbocycles. The molecule has 0 saturated heterocycles. The molecule has 5 nitrogen and oxygen atoms in total. The molecule has 0 aliphatic carbocycles. The standard InChI is InChI=1S/C20H22ClF3N4O/c1-10(2)7-12-9-28-19(26-12)15(8-16(21)27-28)20(29)25-11(3)13-5-4-6-14(17(13)22)18(23)24/h4-6,8,10-12,18H,7,9H2,1-3H3,(H,25,29)/t11-,12-/m1/s1. The maximum atomic E-state index is 14.4. The Morgan fingerprint density at radius 1 is 1.31 bits per heavy atom. The summed E-state index contributed by atoms with van der Waals surface area (Å²) in [5.41, 5.74) is -0.498. The van der Waals surface area contributed by atoms with Crippen LogP contribution in [-0.4, -0.2) is 34.5 Å². The van der Waals surface area contributed by atoms with Gasteiger partial charge in [-0.1, -0.05) is 43.6 Å². The van der Waals surface area contributed by atoms with Crippen LogP contribution in [0.3, 0.4) is 0 Å². The lowest BCUT2D eigenvalue weighted by molar-refractivity contribution is -0.117. The molecule has 0 spiro atoms. The number of halogens is 4. The third-order valence-electron chi connectivity index (χ3n) is 4.75. The summed E-state index contributed by atoms with van der Waals surface area (Å²) in [7, 11) is 0. The van der Waals surface area contributed by atoms with Gasteiger partial charge >= 0.3 is 0 Å². The first-order chi connectivity index (χ1) is 13.7. The molecular weight excluding hydrogens is 405 g/mol. The van der Waals surface area contributed by atoms with E-state index in [1.165, 1.54) is 25.1 Å². The van der Waals surface area contributed by atoms with Crippen molar-refractivity contribution in [2.24, 2.45) is 16.0 Å². The first kappa shape index (κ1) is 21.4. The Morgan fingerprint density at radius 3 is 2.66 bits per heavy atom. The third kappa shape index (κ3) is 4.63. The van der Waals surface area contributed by atoms with Crippen LogP contribution in [0.2, 0.25) is 0 Å². The summed E-state index contributed by atoms with van der Waals surface area (Å²) in [6.07, 6.45) is -0.694. The van der Waals surface area contributed by atoms with Gasteiger partial charge in [-0.05, 0) is 25.3 Å². The van der Waals surface area contributed by atoms with Crippen molar-refractivity contribution in [2.75, 3.05) is 6.54 Å². The molecule has 156 valence electrons.